The summed E-state index contributed by atoms with van der Waals surface area (Å²) in [5.74, 6) is -0.644. The van der Waals surface area contributed by atoms with E-state index in [1.54, 1.807) is 18.2 Å². The fourth-order valence-electron chi connectivity index (χ4n) is 6.14. The van der Waals surface area contributed by atoms with E-state index >= 15 is 0 Å². The maximum absolute atomic E-state index is 14.8. The summed E-state index contributed by atoms with van der Waals surface area (Å²) in [6.45, 7) is 4.32. The third-order valence-corrected chi connectivity index (χ3v) is 8.58. The standard InChI is InChI=1S/C33H39F2N5O4/c34-27-12-5-22-19-30(27)44-16-4-2-1-3-15-43-29-20-24(38-33-36-21-28(35)31(22)39-33)8-11-26(29)32(41)37-23-6-9-25(10-7-23)40-13-17-42-18-14-40/h5,8,11-12,19-21,23,25H,1-4,6-7,9-10,13-18H2,(H,37,41)(H,36,38,39). The van der Waals surface area contributed by atoms with Crippen LogP contribution < -0.4 is 20.1 Å². The number of anilines is 2. The molecule has 6 bridgehead atoms. The minimum atomic E-state index is -0.641. The number of ether oxygens (including phenoxy) is 3. The first-order chi connectivity index (χ1) is 21.5. The Morgan fingerprint density at radius 3 is 2.39 bits per heavy atom. The van der Waals surface area contributed by atoms with Crippen LogP contribution in [-0.4, -0.2) is 72.4 Å². The Morgan fingerprint density at radius 2 is 1.61 bits per heavy atom. The molecule has 0 spiro atoms. The van der Waals surface area contributed by atoms with Crippen LogP contribution in [0.5, 0.6) is 11.5 Å². The SMILES string of the molecule is O=C(NC1CCC(N2CCOCC2)CC1)c1ccc2cc1OCCCCCCOc1cc(ccc1F)-c1nc(ncc1F)N2. The molecule has 1 amide bonds. The van der Waals surface area contributed by atoms with Gasteiger partial charge in [-0.2, -0.15) is 0 Å². The minimum Gasteiger partial charge on any atom is -0.493 e. The number of hydrogen-bond donors (Lipinski definition) is 2. The van der Waals surface area contributed by atoms with E-state index in [2.05, 4.69) is 25.5 Å². The molecule has 2 N–H and O–H groups in total. The molecular formula is C33H39F2N5O4. The van der Waals surface area contributed by atoms with Gasteiger partial charge < -0.3 is 24.8 Å². The number of rotatable bonds is 3. The summed E-state index contributed by atoms with van der Waals surface area (Å²) in [6, 6.07) is 10.1. The molecule has 2 aromatic carbocycles. The number of amides is 1. The number of nitrogens with zero attached hydrogens (tertiary/aromatic N) is 3. The number of hydrogen-bond acceptors (Lipinski definition) is 8. The number of carbonyl (C=O) groups is 1. The summed E-state index contributed by atoms with van der Waals surface area (Å²) in [4.78, 5) is 24.5. The summed E-state index contributed by atoms with van der Waals surface area (Å²) in [5.41, 5.74) is 1.45. The van der Waals surface area contributed by atoms with E-state index in [0.717, 1.165) is 83.9 Å². The summed E-state index contributed by atoms with van der Waals surface area (Å²) >= 11 is 0. The van der Waals surface area contributed by atoms with Crippen molar-refractivity contribution in [1.29, 1.82) is 0 Å². The van der Waals surface area contributed by atoms with Crippen LogP contribution in [0.3, 0.4) is 0 Å². The Bertz CT molecular complexity index is 1440. The number of fused-ring (bicyclic) bond motifs is 7. The molecule has 2 fully saturated rings. The van der Waals surface area contributed by atoms with Gasteiger partial charge in [-0.1, -0.05) is 0 Å². The van der Waals surface area contributed by atoms with Gasteiger partial charge >= 0.3 is 0 Å². The normalized spacial score (nSPS) is 21.5. The third-order valence-electron chi connectivity index (χ3n) is 8.58. The Balaban J connectivity index is 1.19. The topological polar surface area (TPSA) is 97.8 Å². The Labute approximate surface area is 256 Å². The van der Waals surface area contributed by atoms with Crippen molar-refractivity contribution in [2.24, 2.45) is 0 Å². The highest BCUT2D eigenvalue weighted by atomic mass is 19.1. The molecule has 11 heteroatoms. The van der Waals surface area contributed by atoms with Crippen molar-refractivity contribution in [3.63, 3.8) is 0 Å². The van der Waals surface area contributed by atoms with Crippen LogP contribution >= 0.6 is 0 Å². The maximum atomic E-state index is 14.8. The van der Waals surface area contributed by atoms with E-state index in [-0.39, 0.29) is 29.3 Å². The lowest BCUT2D eigenvalue weighted by atomic mass is 9.89. The molecule has 2 aliphatic heterocycles. The largest absolute Gasteiger partial charge is 0.493 e. The molecule has 1 aromatic heterocycles. The van der Waals surface area contributed by atoms with Gasteiger partial charge in [0.25, 0.3) is 5.91 Å². The van der Waals surface area contributed by atoms with Gasteiger partial charge in [-0.05, 0) is 81.7 Å². The zero-order valence-corrected chi connectivity index (χ0v) is 24.8. The van der Waals surface area contributed by atoms with E-state index in [1.807, 2.05) is 0 Å². The van der Waals surface area contributed by atoms with E-state index < -0.39 is 11.6 Å². The first-order valence-electron chi connectivity index (χ1n) is 15.7. The Morgan fingerprint density at radius 1 is 0.864 bits per heavy atom. The van der Waals surface area contributed by atoms with Crippen molar-refractivity contribution in [3.8, 4) is 22.8 Å². The quantitative estimate of drug-likeness (QED) is 0.382. The second kappa shape index (κ2) is 14.3. The highest BCUT2D eigenvalue weighted by Crippen LogP contribution is 2.31. The average Bonchev–Trinajstić information content (AvgIpc) is 3.04. The van der Waals surface area contributed by atoms with Gasteiger partial charge in [0, 0.05) is 42.5 Å². The Kier molecular flexibility index (Phi) is 9.82. The number of benzene rings is 2. The number of aromatic nitrogens is 2. The number of halogens is 2. The second-order valence-corrected chi connectivity index (χ2v) is 11.6. The molecule has 0 atom stereocenters. The van der Waals surface area contributed by atoms with Crippen molar-refractivity contribution < 1.29 is 27.8 Å². The fraction of sp³-hybridized carbons (Fsp3) is 0.485. The van der Waals surface area contributed by atoms with Crippen molar-refractivity contribution in [3.05, 3.63) is 59.8 Å². The first kappa shape index (κ1) is 30.2. The molecule has 1 aliphatic carbocycles. The monoisotopic (exact) mass is 607 g/mol. The molecule has 0 unspecified atom stereocenters. The predicted molar refractivity (Wildman–Crippen MR) is 162 cm³/mol. The highest BCUT2D eigenvalue weighted by molar-refractivity contribution is 5.97. The average molecular weight is 608 g/mol. The lowest BCUT2D eigenvalue weighted by Gasteiger charge is -2.38. The summed E-state index contributed by atoms with van der Waals surface area (Å²) in [7, 11) is 0. The second-order valence-electron chi connectivity index (χ2n) is 11.6. The fourth-order valence-corrected chi connectivity index (χ4v) is 6.14. The number of nitrogens with one attached hydrogen (secondary N) is 2. The molecule has 3 aromatic rings. The molecule has 44 heavy (non-hydrogen) atoms. The minimum absolute atomic E-state index is 0.0179. The highest BCUT2D eigenvalue weighted by Gasteiger charge is 2.28. The smallest absolute Gasteiger partial charge is 0.255 e. The van der Waals surface area contributed by atoms with E-state index in [9.17, 15) is 13.6 Å². The predicted octanol–water partition coefficient (Wildman–Crippen LogP) is 5.87. The lowest BCUT2D eigenvalue weighted by Crippen LogP contribution is -2.47. The van der Waals surface area contributed by atoms with E-state index in [1.165, 1.54) is 18.2 Å². The molecule has 3 heterocycles. The van der Waals surface area contributed by atoms with Crippen LogP contribution in [0, 0.1) is 11.6 Å². The molecule has 234 valence electrons. The van der Waals surface area contributed by atoms with Gasteiger partial charge in [0.05, 0.1) is 38.2 Å². The van der Waals surface area contributed by atoms with Crippen LogP contribution in [0.1, 0.15) is 61.7 Å². The molecule has 6 rings (SSSR count). The van der Waals surface area contributed by atoms with E-state index in [4.69, 9.17) is 14.2 Å². The van der Waals surface area contributed by atoms with Gasteiger partial charge in [-0.15, -0.1) is 0 Å². The van der Waals surface area contributed by atoms with Gasteiger partial charge in [0.15, 0.2) is 17.4 Å². The van der Waals surface area contributed by atoms with Crippen LogP contribution in [0.25, 0.3) is 11.3 Å². The summed E-state index contributed by atoms with van der Waals surface area (Å²) in [5, 5.41) is 6.34. The van der Waals surface area contributed by atoms with Crippen LogP contribution in [0.4, 0.5) is 20.4 Å². The molecule has 1 saturated carbocycles. The maximum Gasteiger partial charge on any atom is 0.255 e. The van der Waals surface area contributed by atoms with Gasteiger partial charge in [-0.25, -0.2) is 18.7 Å². The summed E-state index contributed by atoms with van der Waals surface area (Å²) < 4.78 is 46.5. The zero-order valence-electron chi connectivity index (χ0n) is 24.8. The van der Waals surface area contributed by atoms with Crippen LogP contribution in [-0.2, 0) is 4.74 Å². The summed E-state index contributed by atoms with van der Waals surface area (Å²) in [6.07, 6.45) is 8.34. The third kappa shape index (κ3) is 7.44. The zero-order chi connectivity index (χ0) is 30.3. The van der Waals surface area contributed by atoms with Crippen molar-refractivity contribution in [2.75, 3.05) is 44.8 Å². The van der Waals surface area contributed by atoms with Crippen LogP contribution in [0.15, 0.2) is 42.6 Å². The van der Waals surface area contributed by atoms with Crippen molar-refractivity contribution >= 4 is 17.5 Å². The molecule has 0 radical (unpaired) electrons. The van der Waals surface area contributed by atoms with Gasteiger partial charge in [-0.3, -0.25) is 9.69 Å². The van der Waals surface area contributed by atoms with Gasteiger partial charge in [0.2, 0.25) is 5.95 Å². The first-order valence-corrected chi connectivity index (χ1v) is 15.7. The molecule has 9 nitrogen and oxygen atoms in total. The Hall–Kier alpha value is -3.83. The van der Waals surface area contributed by atoms with E-state index in [0.29, 0.717) is 41.8 Å². The van der Waals surface area contributed by atoms with Gasteiger partial charge in [0.1, 0.15) is 11.4 Å². The number of morpholine rings is 1. The van der Waals surface area contributed by atoms with Crippen LogP contribution in [0.2, 0.25) is 0 Å². The molecule has 3 aliphatic rings. The van der Waals surface area contributed by atoms with Crippen molar-refractivity contribution in [2.45, 2.75) is 63.5 Å². The number of carbonyl (C=O) groups excluding carboxylic acids is 1. The van der Waals surface area contributed by atoms with Crippen molar-refractivity contribution in [1.82, 2.24) is 20.2 Å². The molecular weight excluding hydrogens is 568 g/mol. The lowest BCUT2D eigenvalue weighted by molar-refractivity contribution is 0.00664. The molecule has 1 saturated heterocycles.